The van der Waals surface area contributed by atoms with Crippen LogP contribution in [0.5, 0.6) is 11.5 Å². The number of carboxylic acids is 1. The van der Waals surface area contributed by atoms with E-state index in [2.05, 4.69) is 0 Å². The van der Waals surface area contributed by atoms with Crippen LogP contribution in [0.3, 0.4) is 0 Å². The summed E-state index contributed by atoms with van der Waals surface area (Å²) in [6, 6.07) is 12.2. The third-order valence-corrected chi connectivity index (χ3v) is 7.38. The highest BCUT2D eigenvalue weighted by atomic mass is 19.1. The standard InChI is InChI=1S/C33H33F2NO6/c1-18-22-7-6-14-40-29(22)26(35)16-24(18)27-23-13-12-21(41-17-19-8-10-20(34)11-9-19)15-25(23)31(37)36(5)28(27)30(32(38)39)42-33(2,3)4/h8-13,15-16,30H,6-7,14,17H2,1-5H3,(H,38,39). The topological polar surface area (TPSA) is 87.0 Å². The van der Waals surface area contributed by atoms with Crippen LogP contribution in [0.2, 0.25) is 0 Å². The van der Waals surface area contributed by atoms with Gasteiger partial charge in [0.15, 0.2) is 17.7 Å². The number of aromatic nitrogens is 1. The highest BCUT2D eigenvalue weighted by Gasteiger charge is 2.34. The Balaban J connectivity index is 1.76. The van der Waals surface area contributed by atoms with Crippen LogP contribution in [-0.2, 0) is 29.6 Å². The fourth-order valence-corrected chi connectivity index (χ4v) is 5.44. The molecule has 0 spiro atoms. The molecule has 0 radical (unpaired) electrons. The van der Waals surface area contributed by atoms with Crippen LogP contribution < -0.4 is 15.0 Å². The summed E-state index contributed by atoms with van der Waals surface area (Å²) in [6.45, 7) is 7.60. The van der Waals surface area contributed by atoms with E-state index in [1.807, 2.05) is 6.92 Å². The minimum Gasteiger partial charge on any atom is -0.490 e. The summed E-state index contributed by atoms with van der Waals surface area (Å²) in [5.41, 5.74) is 1.82. The van der Waals surface area contributed by atoms with E-state index in [-0.39, 0.29) is 29.3 Å². The van der Waals surface area contributed by atoms with Crippen molar-refractivity contribution in [2.24, 2.45) is 7.05 Å². The van der Waals surface area contributed by atoms with Gasteiger partial charge in [-0.05, 0) is 99.0 Å². The minimum atomic E-state index is -1.52. The Kier molecular flexibility index (Phi) is 7.81. The largest absolute Gasteiger partial charge is 0.490 e. The number of aliphatic carboxylic acids is 1. The van der Waals surface area contributed by atoms with Crippen molar-refractivity contribution in [2.45, 2.75) is 58.8 Å². The average molecular weight is 578 g/mol. The van der Waals surface area contributed by atoms with Gasteiger partial charge in [-0.1, -0.05) is 12.1 Å². The van der Waals surface area contributed by atoms with Crippen LogP contribution in [0.15, 0.2) is 53.3 Å². The second-order valence-corrected chi connectivity index (χ2v) is 11.5. The van der Waals surface area contributed by atoms with E-state index in [9.17, 15) is 19.1 Å². The van der Waals surface area contributed by atoms with Gasteiger partial charge in [-0.2, -0.15) is 0 Å². The Morgan fingerprint density at radius 1 is 1.10 bits per heavy atom. The molecule has 42 heavy (non-hydrogen) atoms. The number of carboxylic acid groups (broad SMARTS) is 1. The molecule has 1 atom stereocenters. The summed E-state index contributed by atoms with van der Waals surface area (Å²) in [5.74, 6) is -1.59. The number of hydrogen-bond donors (Lipinski definition) is 1. The third kappa shape index (κ3) is 5.61. The quantitative estimate of drug-likeness (QED) is 0.265. The van der Waals surface area contributed by atoms with E-state index >= 15 is 4.39 Å². The highest BCUT2D eigenvalue weighted by Crippen LogP contribution is 2.43. The number of hydrogen-bond acceptors (Lipinski definition) is 5. The van der Waals surface area contributed by atoms with Gasteiger partial charge in [0.1, 0.15) is 18.2 Å². The molecule has 1 N–H and O–H groups in total. The van der Waals surface area contributed by atoms with Crippen LogP contribution in [0.25, 0.3) is 21.9 Å². The maximum absolute atomic E-state index is 15.5. The van der Waals surface area contributed by atoms with Gasteiger partial charge >= 0.3 is 5.97 Å². The van der Waals surface area contributed by atoms with Gasteiger partial charge in [0, 0.05) is 18.2 Å². The number of nitrogens with zero attached hydrogens (tertiary/aromatic N) is 1. The van der Waals surface area contributed by atoms with Gasteiger partial charge in [-0.15, -0.1) is 0 Å². The predicted octanol–water partition coefficient (Wildman–Crippen LogP) is 6.64. The zero-order chi connectivity index (χ0) is 30.3. The fraction of sp³-hybridized carbons (Fsp3) is 0.333. The van der Waals surface area contributed by atoms with E-state index in [0.717, 1.165) is 17.5 Å². The lowest BCUT2D eigenvalue weighted by molar-refractivity contribution is -0.161. The number of fused-ring (bicyclic) bond motifs is 2. The Morgan fingerprint density at radius 2 is 1.81 bits per heavy atom. The minimum absolute atomic E-state index is 0.106. The molecule has 7 nitrogen and oxygen atoms in total. The lowest BCUT2D eigenvalue weighted by Gasteiger charge is -2.29. The molecule has 0 bridgehead atoms. The zero-order valence-electron chi connectivity index (χ0n) is 24.2. The Morgan fingerprint density at radius 3 is 2.48 bits per heavy atom. The number of pyridine rings is 1. The van der Waals surface area contributed by atoms with Gasteiger partial charge < -0.3 is 23.9 Å². The molecule has 220 valence electrons. The molecule has 1 aliphatic heterocycles. The van der Waals surface area contributed by atoms with Gasteiger partial charge in [0.2, 0.25) is 0 Å². The summed E-state index contributed by atoms with van der Waals surface area (Å²) >= 11 is 0. The Bertz CT molecular complexity index is 1740. The van der Waals surface area contributed by atoms with Crippen LogP contribution in [-0.4, -0.2) is 27.9 Å². The SMILES string of the molecule is Cc1c(-c2c(C(OC(C)(C)C)C(=O)O)n(C)c(=O)c3cc(OCc4ccc(F)cc4)ccc23)cc(F)c2c1CCCO2. The molecule has 0 saturated heterocycles. The lowest BCUT2D eigenvalue weighted by Crippen LogP contribution is -2.33. The molecule has 0 amide bonds. The molecule has 1 aliphatic rings. The molecule has 2 heterocycles. The zero-order valence-corrected chi connectivity index (χ0v) is 24.2. The molecule has 3 aromatic carbocycles. The predicted molar refractivity (Wildman–Crippen MR) is 155 cm³/mol. The number of carbonyl (C=O) groups is 1. The van der Waals surface area contributed by atoms with Crippen molar-refractivity contribution in [2.75, 3.05) is 6.61 Å². The fourth-order valence-electron chi connectivity index (χ4n) is 5.44. The van der Waals surface area contributed by atoms with Gasteiger partial charge in [-0.25, -0.2) is 13.6 Å². The third-order valence-electron chi connectivity index (χ3n) is 7.38. The number of halogens is 2. The Labute approximate surface area is 242 Å². The second kappa shape index (κ2) is 11.2. The maximum atomic E-state index is 15.5. The van der Waals surface area contributed by atoms with Crippen molar-refractivity contribution in [1.29, 1.82) is 0 Å². The van der Waals surface area contributed by atoms with Crippen molar-refractivity contribution >= 4 is 16.7 Å². The first-order valence-corrected chi connectivity index (χ1v) is 13.8. The van der Waals surface area contributed by atoms with E-state index in [4.69, 9.17) is 14.2 Å². The molecular formula is C33H33F2NO6. The lowest BCUT2D eigenvalue weighted by atomic mass is 9.87. The molecule has 5 rings (SSSR count). The van der Waals surface area contributed by atoms with E-state index in [1.54, 1.807) is 51.1 Å². The summed E-state index contributed by atoms with van der Waals surface area (Å²) in [6.07, 6.45) is -0.198. The summed E-state index contributed by atoms with van der Waals surface area (Å²) < 4.78 is 47.6. The van der Waals surface area contributed by atoms with Crippen LogP contribution >= 0.6 is 0 Å². The first-order valence-electron chi connectivity index (χ1n) is 13.8. The molecule has 1 aromatic heterocycles. The monoisotopic (exact) mass is 577 g/mol. The molecule has 0 fully saturated rings. The van der Waals surface area contributed by atoms with E-state index in [0.29, 0.717) is 40.9 Å². The van der Waals surface area contributed by atoms with Crippen LogP contribution in [0.4, 0.5) is 8.78 Å². The summed E-state index contributed by atoms with van der Waals surface area (Å²) in [7, 11) is 1.49. The van der Waals surface area contributed by atoms with Crippen molar-refractivity contribution in [3.8, 4) is 22.6 Å². The molecule has 9 heteroatoms. The smallest absolute Gasteiger partial charge is 0.339 e. The molecule has 0 saturated carbocycles. The van der Waals surface area contributed by atoms with Crippen LogP contribution in [0, 0.1) is 18.6 Å². The van der Waals surface area contributed by atoms with Crippen molar-refractivity contribution in [3.63, 3.8) is 0 Å². The van der Waals surface area contributed by atoms with Crippen molar-refractivity contribution in [3.05, 3.63) is 92.9 Å². The van der Waals surface area contributed by atoms with Gasteiger partial charge in [0.05, 0.1) is 23.3 Å². The molecule has 1 unspecified atom stereocenters. The molecular weight excluding hydrogens is 544 g/mol. The maximum Gasteiger partial charge on any atom is 0.339 e. The second-order valence-electron chi connectivity index (χ2n) is 11.5. The van der Waals surface area contributed by atoms with Crippen molar-refractivity contribution in [1.82, 2.24) is 4.57 Å². The van der Waals surface area contributed by atoms with Crippen molar-refractivity contribution < 1.29 is 32.9 Å². The average Bonchev–Trinajstić information content (AvgIpc) is 2.95. The molecule has 4 aromatic rings. The van der Waals surface area contributed by atoms with Crippen LogP contribution in [0.1, 0.15) is 55.7 Å². The van der Waals surface area contributed by atoms with Gasteiger partial charge in [-0.3, -0.25) is 4.79 Å². The van der Waals surface area contributed by atoms with E-state index in [1.165, 1.54) is 29.8 Å². The van der Waals surface area contributed by atoms with Gasteiger partial charge in [0.25, 0.3) is 5.56 Å². The normalized spacial score (nSPS) is 13.9. The first-order chi connectivity index (χ1) is 19.9. The summed E-state index contributed by atoms with van der Waals surface area (Å²) in [4.78, 5) is 26.5. The Hall–Kier alpha value is -4.24. The number of ether oxygens (including phenoxy) is 3. The number of benzene rings is 3. The number of rotatable bonds is 7. The molecule has 0 aliphatic carbocycles. The first kappa shape index (κ1) is 29.3. The highest BCUT2D eigenvalue weighted by molar-refractivity contribution is 6.00. The van der Waals surface area contributed by atoms with E-state index < -0.39 is 29.1 Å². The summed E-state index contributed by atoms with van der Waals surface area (Å²) in [5, 5.41) is 11.0.